The zero-order valence-electron chi connectivity index (χ0n) is 12.8. The predicted molar refractivity (Wildman–Crippen MR) is 76.5 cm³/mol. The summed E-state index contributed by atoms with van der Waals surface area (Å²) >= 11 is 0. The summed E-state index contributed by atoms with van der Waals surface area (Å²) in [6.45, 7) is 8.95. The molecule has 0 aliphatic rings. The van der Waals surface area contributed by atoms with Crippen LogP contribution in [0.25, 0.3) is 0 Å². The van der Waals surface area contributed by atoms with Crippen LogP contribution in [0.4, 0.5) is 0 Å². The summed E-state index contributed by atoms with van der Waals surface area (Å²) in [6, 6.07) is 0.243. The Labute approximate surface area is 116 Å². The van der Waals surface area contributed by atoms with Gasteiger partial charge in [0.1, 0.15) is 0 Å². The van der Waals surface area contributed by atoms with Crippen LogP contribution in [0.5, 0.6) is 5.75 Å². The first-order valence-corrected chi connectivity index (χ1v) is 6.99. The first-order valence-electron chi connectivity index (χ1n) is 6.99. The second kappa shape index (κ2) is 8.17. The van der Waals surface area contributed by atoms with Crippen molar-refractivity contribution in [3.63, 3.8) is 0 Å². The standard InChI is InChI=1S/C14H27N3O2/c1-6-15-12(8-11(3)10-18-4)14-13(19-5)9-16-17(14)7-2/h9,11-12,15H,6-8,10H2,1-5H3. The molecule has 0 aliphatic heterocycles. The Hall–Kier alpha value is -1.07. The lowest BCUT2D eigenvalue weighted by atomic mass is 9.99. The Morgan fingerprint density at radius 2 is 2.11 bits per heavy atom. The zero-order valence-corrected chi connectivity index (χ0v) is 12.8. The molecule has 0 spiro atoms. The van der Waals surface area contributed by atoms with Gasteiger partial charge in [0, 0.05) is 20.3 Å². The highest BCUT2D eigenvalue weighted by molar-refractivity contribution is 5.28. The lowest BCUT2D eigenvalue weighted by molar-refractivity contribution is 0.148. The third-order valence-electron chi connectivity index (χ3n) is 3.23. The van der Waals surface area contributed by atoms with Crippen LogP contribution in [0.2, 0.25) is 0 Å². The van der Waals surface area contributed by atoms with E-state index in [0.717, 1.165) is 37.6 Å². The van der Waals surface area contributed by atoms with Gasteiger partial charge in [-0.25, -0.2) is 0 Å². The average molecular weight is 269 g/mol. The largest absolute Gasteiger partial charge is 0.493 e. The minimum Gasteiger partial charge on any atom is -0.493 e. The first-order chi connectivity index (χ1) is 9.17. The molecule has 1 aromatic rings. The number of nitrogens with one attached hydrogen (secondary N) is 1. The molecule has 19 heavy (non-hydrogen) atoms. The van der Waals surface area contributed by atoms with Crippen LogP contribution in [0.15, 0.2) is 6.20 Å². The van der Waals surface area contributed by atoms with E-state index in [2.05, 4.69) is 31.2 Å². The molecule has 0 aliphatic carbocycles. The Morgan fingerprint density at radius 1 is 1.37 bits per heavy atom. The first kappa shape index (κ1) is 16.0. The molecule has 0 saturated heterocycles. The van der Waals surface area contributed by atoms with E-state index in [9.17, 15) is 0 Å². The minimum absolute atomic E-state index is 0.243. The van der Waals surface area contributed by atoms with Gasteiger partial charge in [-0.3, -0.25) is 4.68 Å². The summed E-state index contributed by atoms with van der Waals surface area (Å²) in [5.41, 5.74) is 1.13. The second-order valence-corrected chi connectivity index (χ2v) is 4.82. The topological polar surface area (TPSA) is 48.3 Å². The lowest BCUT2D eigenvalue weighted by Gasteiger charge is -2.23. The Balaban J connectivity index is 2.93. The number of ether oxygens (including phenoxy) is 2. The zero-order chi connectivity index (χ0) is 14.3. The summed E-state index contributed by atoms with van der Waals surface area (Å²) in [5, 5.41) is 7.91. The maximum Gasteiger partial charge on any atom is 0.161 e. The number of rotatable bonds is 9. The Bertz CT molecular complexity index is 344. The van der Waals surface area contributed by atoms with Crippen molar-refractivity contribution in [2.75, 3.05) is 27.4 Å². The van der Waals surface area contributed by atoms with Crippen LogP contribution in [-0.4, -0.2) is 37.2 Å². The van der Waals surface area contributed by atoms with Gasteiger partial charge in [0.15, 0.2) is 5.75 Å². The highest BCUT2D eigenvalue weighted by Gasteiger charge is 2.22. The molecule has 5 nitrogen and oxygen atoms in total. The van der Waals surface area contributed by atoms with Crippen molar-refractivity contribution in [3.05, 3.63) is 11.9 Å². The van der Waals surface area contributed by atoms with Crippen molar-refractivity contribution in [2.45, 2.75) is 39.8 Å². The molecule has 0 aromatic carbocycles. The highest BCUT2D eigenvalue weighted by Crippen LogP contribution is 2.29. The van der Waals surface area contributed by atoms with Crippen molar-refractivity contribution in [3.8, 4) is 5.75 Å². The summed E-state index contributed by atoms with van der Waals surface area (Å²) in [4.78, 5) is 0. The minimum atomic E-state index is 0.243. The normalized spacial score (nSPS) is 14.4. The summed E-state index contributed by atoms with van der Waals surface area (Å²) < 4.78 is 12.7. The molecule has 1 aromatic heterocycles. The van der Waals surface area contributed by atoms with Gasteiger partial charge in [0.25, 0.3) is 0 Å². The number of nitrogens with zero attached hydrogens (tertiary/aromatic N) is 2. The smallest absolute Gasteiger partial charge is 0.161 e. The van der Waals surface area contributed by atoms with Crippen molar-refractivity contribution >= 4 is 0 Å². The van der Waals surface area contributed by atoms with Crippen molar-refractivity contribution in [2.24, 2.45) is 5.92 Å². The Morgan fingerprint density at radius 3 is 2.63 bits per heavy atom. The molecule has 1 heterocycles. The van der Waals surface area contributed by atoms with E-state index in [4.69, 9.17) is 9.47 Å². The summed E-state index contributed by atoms with van der Waals surface area (Å²) in [7, 11) is 3.44. The van der Waals surface area contributed by atoms with Gasteiger partial charge < -0.3 is 14.8 Å². The van der Waals surface area contributed by atoms with Crippen molar-refractivity contribution < 1.29 is 9.47 Å². The third kappa shape index (κ3) is 4.21. The number of aromatic nitrogens is 2. The van der Waals surface area contributed by atoms with Crippen LogP contribution in [0.1, 0.15) is 38.9 Å². The van der Waals surface area contributed by atoms with Gasteiger partial charge in [0.05, 0.1) is 25.0 Å². The molecular weight excluding hydrogens is 242 g/mol. The Kier molecular flexibility index (Phi) is 6.87. The van der Waals surface area contributed by atoms with E-state index >= 15 is 0 Å². The fraction of sp³-hybridized carbons (Fsp3) is 0.786. The summed E-state index contributed by atoms with van der Waals surface area (Å²) in [5.74, 6) is 1.34. The van der Waals surface area contributed by atoms with E-state index in [1.807, 2.05) is 4.68 Å². The number of methoxy groups -OCH3 is 2. The summed E-state index contributed by atoms with van der Waals surface area (Å²) in [6.07, 6.45) is 2.80. The van der Waals surface area contributed by atoms with Crippen LogP contribution in [0.3, 0.4) is 0 Å². The van der Waals surface area contributed by atoms with E-state index < -0.39 is 0 Å². The van der Waals surface area contributed by atoms with Gasteiger partial charge in [-0.05, 0) is 25.8 Å². The van der Waals surface area contributed by atoms with Gasteiger partial charge in [0.2, 0.25) is 0 Å². The molecule has 0 bridgehead atoms. The van der Waals surface area contributed by atoms with E-state index in [1.165, 1.54) is 0 Å². The van der Waals surface area contributed by atoms with Crippen LogP contribution < -0.4 is 10.1 Å². The fourth-order valence-corrected chi connectivity index (χ4v) is 2.43. The van der Waals surface area contributed by atoms with Crippen LogP contribution in [0, 0.1) is 5.92 Å². The SMILES string of the molecule is CCNC(CC(C)COC)c1c(OC)cnn1CC. The van der Waals surface area contributed by atoms with E-state index in [-0.39, 0.29) is 6.04 Å². The lowest BCUT2D eigenvalue weighted by Crippen LogP contribution is -2.27. The molecule has 5 heteroatoms. The van der Waals surface area contributed by atoms with E-state index in [1.54, 1.807) is 20.4 Å². The van der Waals surface area contributed by atoms with E-state index in [0.29, 0.717) is 5.92 Å². The molecule has 1 rings (SSSR count). The van der Waals surface area contributed by atoms with Crippen LogP contribution in [-0.2, 0) is 11.3 Å². The molecule has 1 N–H and O–H groups in total. The van der Waals surface area contributed by atoms with Gasteiger partial charge >= 0.3 is 0 Å². The third-order valence-corrected chi connectivity index (χ3v) is 3.23. The number of hydrogen-bond donors (Lipinski definition) is 1. The molecule has 2 unspecified atom stereocenters. The second-order valence-electron chi connectivity index (χ2n) is 4.82. The molecule has 0 saturated carbocycles. The van der Waals surface area contributed by atoms with Crippen molar-refractivity contribution in [1.82, 2.24) is 15.1 Å². The van der Waals surface area contributed by atoms with Crippen LogP contribution >= 0.6 is 0 Å². The maximum absolute atomic E-state index is 5.44. The molecule has 0 amide bonds. The van der Waals surface area contributed by atoms with Gasteiger partial charge in [-0.2, -0.15) is 5.10 Å². The molecular formula is C14H27N3O2. The highest BCUT2D eigenvalue weighted by atomic mass is 16.5. The predicted octanol–water partition coefficient (Wildman–Crippen LogP) is 2.23. The number of aryl methyl sites for hydroxylation is 1. The van der Waals surface area contributed by atoms with Crippen molar-refractivity contribution in [1.29, 1.82) is 0 Å². The fourth-order valence-electron chi connectivity index (χ4n) is 2.43. The monoisotopic (exact) mass is 269 g/mol. The maximum atomic E-state index is 5.44. The van der Waals surface area contributed by atoms with Gasteiger partial charge in [-0.1, -0.05) is 13.8 Å². The number of hydrogen-bond acceptors (Lipinski definition) is 4. The average Bonchev–Trinajstić information content (AvgIpc) is 2.81. The molecule has 110 valence electrons. The molecule has 2 atom stereocenters. The molecule has 0 radical (unpaired) electrons. The quantitative estimate of drug-likeness (QED) is 0.747. The van der Waals surface area contributed by atoms with Gasteiger partial charge in [-0.15, -0.1) is 0 Å². The molecule has 0 fully saturated rings.